The molecule has 7 nitrogen and oxygen atoms in total. The van der Waals surface area contributed by atoms with Crippen molar-refractivity contribution in [2.24, 2.45) is 23.7 Å². The number of hydrogen-bond acceptors (Lipinski definition) is 3. The number of fused-ring (bicyclic) bond motifs is 7. The van der Waals surface area contributed by atoms with Gasteiger partial charge in [0.2, 0.25) is 0 Å². The summed E-state index contributed by atoms with van der Waals surface area (Å²) in [7, 11) is 0. The van der Waals surface area contributed by atoms with Crippen LogP contribution in [-0.2, 0) is 16.0 Å². The van der Waals surface area contributed by atoms with E-state index < -0.39 is 0 Å². The molecule has 0 radical (unpaired) electrons. The number of Topliss-reactive ketones (excluding diaryl/α,β-unsaturated/α-hetero) is 1. The molecule has 3 aromatic rings. The first-order chi connectivity index (χ1) is 26.8. The van der Waals surface area contributed by atoms with Crippen LogP contribution in [0.25, 0.3) is 35.2 Å². The van der Waals surface area contributed by atoms with E-state index in [1.807, 2.05) is 19.1 Å². The third-order valence-corrected chi connectivity index (χ3v) is 12.9. The van der Waals surface area contributed by atoms with Gasteiger partial charge in [-0.1, -0.05) is 131 Å². The Balaban J connectivity index is 0.00000620. The molecule has 1 saturated heterocycles. The Bertz CT molecular complexity index is 2200. The zero-order valence-corrected chi connectivity index (χ0v) is 37.5. The van der Waals surface area contributed by atoms with Gasteiger partial charge in [0.15, 0.2) is 5.78 Å². The van der Waals surface area contributed by atoms with E-state index in [0.717, 1.165) is 109 Å². The van der Waals surface area contributed by atoms with E-state index in [2.05, 4.69) is 80.2 Å². The quantitative estimate of drug-likeness (QED) is 0.0816. The molecule has 0 spiro atoms. The van der Waals surface area contributed by atoms with Crippen LogP contribution in [0.15, 0.2) is 29.6 Å². The number of carbonyl (C=O) groups is 2. The summed E-state index contributed by atoms with van der Waals surface area (Å²) >= 11 is 0. The predicted octanol–water partition coefficient (Wildman–Crippen LogP) is 9.55. The van der Waals surface area contributed by atoms with E-state index in [9.17, 15) is 9.59 Å². The minimum absolute atomic E-state index is 0. The smallest absolute Gasteiger partial charge is 0.664 e. The molecule has 0 N–H and O–H groups in total. The average molecular weight is 779 g/mol. The number of carbonyl (C=O) groups excluding carboxylic acids is 2. The number of ketones is 1. The number of allylic oxidation sites excluding steroid dienone is 4. The van der Waals surface area contributed by atoms with Gasteiger partial charge in [-0.3, -0.25) is 9.59 Å². The largest absolute Gasteiger partial charge is 2.00 e. The summed E-state index contributed by atoms with van der Waals surface area (Å²) in [6, 6.07) is 0. The first-order valence-electron chi connectivity index (χ1n) is 21.2. The summed E-state index contributed by atoms with van der Waals surface area (Å²) in [6.45, 7) is 24.0. The summed E-state index contributed by atoms with van der Waals surface area (Å²) < 4.78 is 5.75. The second kappa shape index (κ2) is 19.3. The molecule has 8 bridgehead atoms. The summed E-state index contributed by atoms with van der Waals surface area (Å²) in [5.74, 6) is 1.33. The molecular weight excluding hydrogens is 717 g/mol. The molecule has 8 heteroatoms. The molecular formula is C49H62MgN4O3-2. The number of nitrogens with zero attached hydrogens (tertiary/aromatic N) is 4. The van der Waals surface area contributed by atoms with Crippen LogP contribution in [0.3, 0.4) is 0 Å². The topological polar surface area (TPSA) is 99.8 Å². The molecule has 1 fully saturated rings. The van der Waals surface area contributed by atoms with Crippen LogP contribution >= 0.6 is 0 Å². The summed E-state index contributed by atoms with van der Waals surface area (Å²) in [5, 5.41) is 7.01. The molecule has 0 unspecified atom stereocenters. The Kier molecular flexibility index (Phi) is 15.0. The third kappa shape index (κ3) is 9.60. The van der Waals surface area contributed by atoms with Gasteiger partial charge < -0.3 is 25.0 Å². The minimum atomic E-state index is -0.216. The zero-order valence-electron chi connectivity index (χ0n) is 36.1. The van der Waals surface area contributed by atoms with Crippen molar-refractivity contribution in [1.82, 2.24) is 15.0 Å². The molecule has 0 amide bonds. The van der Waals surface area contributed by atoms with Crippen molar-refractivity contribution < 1.29 is 14.3 Å². The molecule has 5 heterocycles. The molecule has 2 aliphatic heterocycles. The molecule has 1 aliphatic carbocycles. The fraction of sp³-hybridized carbons (Fsp3) is 0.510. The molecule has 6 rings (SSSR count). The molecule has 0 saturated carbocycles. The minimum Gasteiger partial charge on any atom is -0.664 e. The maximum absolute atomic E-state index is 13.7. The van der Waals surface area contributed by atoms with Crippen LogP contribution in [-0.4, -0.2) is 41.4 Å². The number of rotatable bonds is 16. The van der Waals surface area contributed by atoms with Gasteiger partial charge in [0.1, 0.15) is 6.61 Å². The van der Waals surface area contributed by atoms with Crippen LogP contribution in [0.5, 0.6) is 0 Å². The molecule has 57 heavy (non-hydrogen) atoms. The SMILES string of the molecule is C=Cc1c2[n-]c(c1C)/C=C1\[N-]/C(=C3/CC(=O)c4c3[n-]c(c4C)/C=c3\[n-]/c(c(C)c3CC)=C\2)[C@@H](CCC(=O)OC/C=C(\C)CCC[C@H](C)CCC[C@H](C)CC)[C@@H]1C.[Mg+2]. The number of esters is 1. The molecule has 3 aromatic heterocycles. The molecule has 300 valence electrons. The Morgan fingerprint density at radius 2 is 1.61 bits per heavy atom. The first-order valence-corrected chi connectivity index (χ1v) is 21.2. The molecule has 0 aromatic carbocycles. The fourth-order valence-electron chi connectivity index (χ4n) is 8.88. The van der Waals surface area contributed by atoms with Crippen molar-refractivity contribution in [3.05, 3.63) is 102 Å². The monoisotopic (exact) mass is 778 g/mol. The van der Waals surface area contributed by atoms with Gasteiger partial charge in [-0.05, 0) is 88.7 Å². The second-order valence-electron chi connectivity index (χ2n) is 16.9. The van der Waals surface area contributed by atoms with Crippen LogP contribution in [0.1, 0.15) is 167 Å². The van der Waals surface area contributed by atoms with Crippen LogP contribution in [0, 0.1) is 44.4 Å². The van der Waals surface area contributed by atoms with E-state index in [-0.39, 0.29) is 59.5 Å². The Labute approximate surface area is 357 Å². The van der Waals surface area contributed by atoms with Gasteiger partial charge in [0.05, 0.1) is 0 Å². The van der Waals surface area contributed by atoms with Gasteiger partial charge in [-0.15, -0.1) is 33.5 Å². The summed E-state index contributed by atoms with van der Waals surface area (Å²) in [5.41, 5.74) is 12.9. The normalized spacial score (nSPS) is 21.7. The van der Waals surface area contributed by atoms with Gasteiger partial charge in [0, 0.05) is 18.4 Å². The van der Waals surface area contributed by atoms with Gasteiger partial charge in [0.25, 0.3) is 0 Å². The van der Waals surface area contributed by atoms with E-state index in [1.165, 1.54) is 37.7 Å². The van der Waals surface area contributed by atoms with Gasteiger partial charge in [-0.2, -0.15) is 11.4 Å². The van der Waals surface area contributed by atoms with Gasteiger partial charge >= 0.3 is 29.0 Å². The molecule has 3 aliphatic rings. The van der Waals surface area contributed by atoms with E-state index in [0.29, 0.717) is 18.6 Å². The van der Waals surface area contributed by atoms with Crippen molar-refractivity contribution in [2.75, 3.05) is 6.61 Å². The van der Waals surface area contributed by atoms with Crippen LogP contribution in [0.2, 0.25) is 0 Å². The third-order valence-electron chi connectivity index (χ3n) is 12.9. The second-order valence-corrected chi connectivity index (χ2v) is 16.9. The van der Waals surface area contributed by atoms with E-state index in [4.69, 9.17) is 25.0 Å². The standard InChI is InChI=1S/C49H63N4O3.Mg/c1-11-28(4)16-14-17-29(5)18-15-19-30(6)22-23-56-46(55)21-20-37-33(9)41-25-39-31(7)35(12-2)43(50-39)26-40-32(8)36(13-3)44(51-40)27-42-34(10)47-45(54)24-38(48(37)52-41)49(47)53-42;/h12,22,25-29,33,37H,2,11,13-21,23-24H2,1,3-10H3,(H-,52,53,54);/q-3;+2/p-1/b30-22+,40-26-,41-25-,44-27-;/t28-,29-,33+,37+;/m1./s1. The average Bonchev–Trinajstić information content (AvgIpc) is 3.92. The fourth-order valence-corrected chi connectivity index (χ4v) is 8.88. The number of hydrogen-bond donors (Lipinski definition) is 0. The van der Waals surface area contributed by atoms with Crippen LogP contribution < -0.4 is 25.7 Å². The van der Waals surface area contributed by atoms with Crippen molar-refractivity contribution in [3.8, 4) is 0 Å². The van der Waals surface area contributed by atoms with Crippen molar-refractivity contribution in [3.63, 3.8) is 0 Å². The van der Waals surface area contributed by atoms with Crippen molar-refractivity contribution in [2.45, 2.75) is 133 Å². The maximum atomic E-state index is 13.7. The summed E-state index contributed by atoms with van der Waals surface area (Å²) in [6.07, 6.45) is 20.6. The predicted molar refractivity (Wildman–Crippen MR) is 235 cm³/mol. The van der Waals surface area contributed by atoms with Crippen molar-refractivity contribution in [1.29, 1.82) is 0 Å². The molecule has 4 atom stereocenters. The Hall–Kier alpha value is -3.75. The van der Waals surface area contributed by atoms with E-state index in [1.54, 1.807) is 0 Å². The number of aromatic nitrogens is 3. The Morgan fingerprint density at radius 1 is 0.912 bits per heavy atom. The Morgan fingerprint density at radius 3 is 2.33 bits per heavy atom. The first kappa shape index (κ1) is 44.4. The number of ether oxygens (including phenoxy) is 1. The van der Waals surface area contributed by atoms with Gasteiger partial charge in [-0.25, -0.2) is 0 Å². The maximum Gasteiger partial charge on any atom is 2.00 e. The van der Waals surface area contributed by atoms with Crippen LogP contribution in [0.4, 0.5) is 0 Å². The summed E-state index contributed by atoms with van der Waals surface area (Å²) in [4.78, 5) is 42.2. The van der Waals surface area contributed by atoms with E-state index >= 15 is 0 Å². The van der Waals surface area contributed by atoms with Crippen molar-refractivity contribution >= 4 is 64.7 Å². The zero-order chi connectivity index (χ0) is 40.3.